The van der Waals surface area contributed by atoms with Crippen LogP contribution in [0.1, 0.15) is 54.9 Å². The zero-order valence-corrected chi connectivity index (χ0v) is 16.5. The van der Waals surface area contributed by atoms with E-state index in [-0.39, 0.29) is 17.7 Å². The van der Waals surface area contributed by atoms with Gasteiger partial charge in [0.2, 0.25) is 11.0 Å². The zero-order valence-electron chi connectivity index (χ0n) is 15.7. The minimum atomic E-state index is -0.669. The van der Waals surface area contributed by atoms with Gasteiger partial charge < -0.3 is 10.1 Å². The number of anilines is 1. The number of rotatable bonds is 8. The number of aromatic nitrogens is 2. The predicted molar refractivity (Wildman–Crippen MR) is 104 cm³/mol. The second kappa shape index (κ2) is 8.47. The molecule has 1 aromatic carbocycles. The maximum atomic E-state index is 12.6. The fourth-order valence-electron chi connectivity index (χ4n) is 2.59. The van der Waals surface area contributed by atoms with Crippen LogP contribution in [0.25, 0.3) is 0 Å². The average molecular weight is 388 g/mol. The van der Waals surface area contributed by atoms with Crippen molar-refractivity contribution in [3.63, 3.8) is 0 Å². The van der Waals surface area contributed by atoms with Crippen molar-refractivity contribution in [1.29, 1.82) is 0 Å². The van der Waals surface area contributed by atoms with Crippen LogP contribution < -0.4 is 15.4 Å². The first kappa shape index (κ1) is 19.3. The molecule has 27 heavy (non-hydrogen) atoms. The molecule has 1 aliphatic rings. The monoisotopic (exact) mass is 388 g/mol. The van der Waals surface area contributed by atoms with Crippen LogP contribution in [-0.4, -0.2) is 34.7 Å². The highest BCUT2D eigenvalue weighted by Crippen LogP contribution is 2.42. The maximum absolute atomic E-state index is 12.6. The van der Waals surface area contributed by atoms with Gasteiger partial charge in [0.05, 0.1) is 6.61 Å². The number of benzene rings is 1. The second-order valence-electron chi connectivity index (χ2n) is 6.86. The van der Waals surface area contributed by atoms with Gasteiger partial charge in [0.25, 0.3) is 5.91 Å². The normalized spacial score (nSPS) is 14.7. The summed E-state index contributed by atoms with van der Waals surface area (Å²) in [7, 11) is 0. The molecule has 3 rings (SSSR count). The molecule has 1 fully saturated rings. The quantitative estimate of drug-likeness (QED) is 0.724. The molecule has 1 aliphatic carbocycles. The number of nitrogens with zero attached hydrogens (tertiary/aromatic N) is 2. The lowest BCUT2D eigenvalue weighted by atomic mass is 10.0. The highest BCUT2D eigenvalue weighted by molar-refractivity contribution is 7.15. The number of carbonyl (C=O) groups is 2. The van der Waals surface area contributed by atoms with Crippen molar-refractivity contribution in [2.75, 3.05) is 11.9 Å². The molecule has 8 heteroatoms. The van der Waals surface area contributed by atoms with Gasteiger partial charge in [-0.15, -0.1) is 10.2 Å². The molecule has 144 valence electrons. The van der Waals surface area contributed by atoms with E-state index in [9.17, 15) is 9.59 Å². The first-order valence-corrected chi connectivity index (χ1v) is 9.97. The molecule has 0 radical (unpaired) electrons. The molecular formula is C19H24N4O3S. The molecule has 0 spiro atoms. The minimum Gasteiger partial charge on any atom is -0.494 e. The predicted octanol–water partition coefficient (Wildman–Crippen LogP) is 3.21. The van der Waals surface area contributed by atoms with Crippen LogP contribution in [0.4, 0.5) is 5.13 Å². The van der Waals surface area contributed by atoms with E-state index in [1.807, 2.05) is 20.8 Å². The number of ether oxygens (including phenoxy) is 1. The molecule has 1 saturated carbocycles. The van der Waals surface area contributed by atoms with Crippen LogP contribution >= 0.6 is 11.3 Å². The first-order chi connectivity index (χ1) is 13.0. The Bertz CT molecular complexity index is 800. The van der Waals surface area contributed by atoms with Gasteiger partial charge in [-0.3, -0.25) is 14.9 Å². The molecule has 0 unspecified atom stereocenters. The largest absolute Gasteiger partial charge is 0.494 e. The molecule has 2 aromatic rings. The van der Waals surface area contributed by atoms with Gasteiger partial charge in [-0.1, -0.05) is 25.2 Å². The summed E-state index contributed by atoms with van der Waals surface area (Å²) in [6.45, 7) is 6.24. The Morgan fingerprint density at radius 1 is 1.22 bits per heavy atom. The average Bonchev–Trinajstić information content (AvgIpc) is 3.39. The first-order valence-electron chi connectivity index (χ1n) is 9.16. The van der Waals surface area contributed by atoms with E-state index in [0.29, 0.717) is 29.0 Å². The zero-order chi connectivity index (χ0) is 19.4. The Morgan fingerprint density at radius 3 is 2.52 bits per heavy atom. The third-order valence-corrected chi connectivity index (χ3v) is 5.26. The lowest BCUT2D eigenvalue weighted by Crippen LogP contribution is -2.47. The summed E-state index contributed by atoms with van der Waals surface area (Å²) in [5, 5.41) is 15.2. The lowest BCUT2D eigenvalue weighted by molar-refractivity contribution is -0.118. The van der Waals surface area contributed by atoms with E-state index in [1.54, 1.807) is 24.3 Å². The Balaban J connectivity index is 1.63. The van der Waals surface area contributed by atoms with Gasteiger partial charge in [-0.05, 0) is 49.9 Å². The molecule has 1 aromatic heterocycles. The fraction of sp³-hybridized carbons (Fsp3) is 0.474. The topological polar surface area (TPSA) is 93.2 Å². The summed E-state index contributed by atoms with van der Waals surface area (Å²) in [6.07, 6.45) is 2.27. The SMILES string of the molecule is CCOc1ccc(C(=O)N[C@@H](C(=O)Nc2nnc(C3CC3)s2)C(C)C)cc1. The number of carbonyl (C=O) groups excluding carboxylic acids is 2. The van der Waals surface area contributed by atoms with Crippen molar-refractivity contribution in [2.45, 2.75) is 45.6 Å². The molecule has 1 atom stereocenters. The van der Waals surface area contributed by atoms with E-state index in [0.717, 1.165) is 17.8 Å². The third kappa shape index (κ3) is 5.03. The molecule has 2 N–H and O–H groups in total. The van der Waals surface area contributed by atoms with E-state index >= 15 is 0 Å². The number of hydrogen-bond acceptors (Lipinski definition) is 6. The van der Waals surface area contributed by atoms with E-state index in [1.165, 1.54) is 11.3 Å². The Morgan fingerprint density at radius 2 is 1.93 bits per heavy atom. The van der Waals surface area contributed by atoms with Crippen LogP contribution in [0.2, 0.25) is 0 Å². The molecule has 1 heterocycles. The van der Waals surface area contributed by atoms with Crippen LogP contribution in [0.3, 0.4) is 0 Å². The lowest BCUT2D eigenvalue weighted by Gasteiger charge is -2.21. The van der Waals surface area contributed by atoms with Crippen LogP contribution in [-0.2, 0) is 4.79 Å². The summed E-state index contributed by atoms with van der Waals surface area (Å²) < 4.78 is 5.38. The second-order valence-corrected chi connectivity index (χ2v) is 7.87. The molecule has 7 nitrogen and oxygen atoms in total. The Kier molecular flexibility index (Phi) is 6.05. The summed E-state index contributed by atoms with van der Waals surface area (Å²) in [5.74, 6) is 0.529. The molecule has 0 saturated heterocycles. The van der Waals surface area contributed by atoms with Crippen molar-refractivity contribution >= 4 is 28.3 Å². The van der Waals surface area contributed by atoms with Gasteiger partial charge >= 0.3 is 0 Å². The fourth-order valence-corrected chi connectivity index (χ4v) is 3.51. The van der Waals surface area contributed by atoms with Crippen molar-refractivity contribution < 1.29 is 14.3 Å². The van der Waals surface area contributed by atoms with Gasteiger partial charge in [-0.25, -0.2) is 0 Å². The van der Waals surface area contributed by atoms with Crippen LogP contribution in [0.15, 0.2) is 24.3 Å². The minimum absolute atomic E-state index is 0.0764. The highest BCUT2D eigenvalue weighted by Gasteiger charge is 2.29. The van der Waals surface area contributed by atoms with E-state index in [4.69, 9.17) is 4.74 Å². The van der Waals surface area contributed by atoms with Crippen LogP contribution in [0.5, 0.6) is 5.75 Å². The van der Waals surface area contributed by atoms with Gasteiger partial charge in [0.1, 0.15) is 16.8 Å². The standard InChI is InChI=1S/C19H24N4O3S/c1-4-26-14-9-7-12(8-10-14)16(24)20-15(11(2)3)17(25)21-19-23-22-18(27-19)13-5-6-13/h7-11,13,15H,4-6H2,1-3H3,(H,20,24)(H,21,23,25)/t15-/m1/s1. The van der Waals surface area contributed by atoms with Crippen molar-refractivity contribution in [2.24, 2.45) is 5.92 Å². The summed E-state index contributed by atoms with van der Waals surface area (Å²) >= 11 is 1.40. The van der Waals surface area contributed by atoms with E-state index in [2.05, 4.69) is 20.8 Å². The van der Waals surface area contributed by atoms with Gasteiger partial charge in [0.15, 0.2) is 0 Å². The molecule has 2 amide bonds. The number of hydrogen-bond donors (Lipinski definition) is 2. The Hall–Kier alpha value is -2.48. The highest BCUT2D eigenvalue weighted by atomic mass is 32.1. The summed E-state index contributed by atoms with van der Waals surface area (Å²) in [4.78, 5) is 25.2. The summed E-state index contributed by atoms with van der Waals surface area (Å²) in [5.41, 5.74) is 0.476. The van der Waals surface area contributed by atoms with Crippen LogP contribution in [0, 0.1) is 5.92 Å². The van der Waals surface area contributed by atoms with Gasteiger partial charge in [0, 0.05) is 11.5 Å². The summed E-state index contributed by atoms with van der Waals surface area (Å²) in [6, 6.07) is 6.18. The molecule has 0 aliphatic heterocycles. The van der Waals surface area contributed by atoms with Crippen molar-refractivity contribution in [3.8, 4) is 5.75 Å². The van der Waals surface area contributed by atoms with Crippen molar-refractivity contribution in [1.82, 2.24) is 15.5 Å². The van der Waals surface area contributed by atoms with Crippen molar-refractivity contribution in [3.05, 3.63) is 34.8 Å². The number of nitrogens with one attached hydrogen (secondary N) is 2. The Labute approximate surface area is 162 Å². The molecule has 0 bridgehead atoms. The third-order valence-electron chi connectivity index (χ3n) is 4.26. The van der Waals surface area contributed by atoms with Gasteiger partial charge in [-0.2, -0.15) is 0 Å². The number of amides is 2. The van der Waals surface area contributed by atoms with E-state index < -0.39 is 6.04 Å². The molecular weight excluding hydrogens is 364 g/mol. The smallest absolute Gasteiger partial charge is 0.251 e. The maximum Gasteiger partial charge on any atom is 0.251 e.